The van der Waals surface area contributed by atoms with Crippen LogP contribution in [-0.2, 0) is 16.1 Å². The van der Waals surface area contributed by atoms with Crippen molar-refractivity contribution in [3.63, 3.8) is 0 Å². The normalized spacial score (nSPS) is 11.7. The Bertz CT molecular complexity index is 505. The number of hydrogen-bond acceptors (Lipinski definition) is 4. The first-order valence-corrected chi connectivity index (χ1v) is 6.81. The van der Waals surface area contributed by atoms with Gasteiger partial charge in [-0.2, -0.15) is 0 Å². The Morgan fingerprint density at radius 1 is 1.30 bits per heavy atom. The number of carboxylic acids is 2. The van der Waals surface area contributed by atoms with E-state index in [0.29, 0.717) is 4.34 Å². The summed E-state index contributed by atoms with van der Waals surface area (Å²) in [5.41, 5.74) is 0. The second-order valence-electron chi connectivity index (χ2n) is 3.86. The van der Waals surface area contributed by atoms with Gasteiger partial charge >= 0.3 is 18.0 Å². The van der Waals surface area contributed by atoms with Crippen LogP contribution in [0, 0.1) is 0 Å². The predicted octanol–water partition coefficient (Wildman–Crippen LogP) is 1.52. The molecular weight excluding hydrogens is 308 g/mol. The Morgan fingerprint density at radius 2 is 2.00 bits per heavy atom. The number of rotatable bonds is 7. The topological polar surface area (TPSA) is 116 Å². The summed E-state index contributed by atoms with van der Waals surface area (Å²) in [7, 11) is 0. The van der Waals surface area contributed by atoms with Crippen LogP contribution in [0.25, 0.3) is 0 Å². The average molecular weight is 321 g/mol. The molecule has 1 aromatic heterocycles. The van der Waals surface area contributed by atoms with E-state index in [1.54, 1.807) is 12.1 Å². The van der Waals surface area contributed by atoms with Crippen molar-refractivity contribution in [3.8, 4) is 0 Å². The third kappa shape index (κ3) is 5.89. The third-order valence-electron chi connectivity index (χ3n) is 2.30. The molecule has 4 N–H and O–H groups in total. The van der Waals surface area contributed by atoms with Crippen molar-refractivity contribution >= 4 is 40.9 Å². The number of carbonyl (C=O) groups excluding carboxylic acids is 1. The second kappa shape index (κ2) is 7.71. The number of nitrogens with one attached hydrogen (secondary N) is 2. The zero-order valence-electron chi connectivity index (χ0n) is 10.3. The zero-order chi connectivity index (χ0) is 15.1. The summed E-state index contributed by atoms with van der Waals surface area (Å²) in [5, 5.41) is 22.1. The molecule has 0 aliphatic rings. The highest BCUT2D eigenvalue weighted by atomic mass is 35.5. The number of carboxylic acid groups (broad SMARTS) is 2. The highest BCUT2D eigenvalue weighted by Gasteiger charge is 2.20. The highest BCUT2D eigenvalue weighted by Crippen LogP contribution is 2.20. The molecule has 0 aliphatic heterocycles. The lowest BCUT2D eigenvalue weighted by molar-refractivity contribution is -0.140. The number of hydrogen-bond donors (Lipinski definition) is 4. The monoisotopic (exact) mass is 320 g/mol. The van der Waals surface area contributed by atoms with Crippen LogP contribution in [0.2, 0.25) is 4.34 Å². The van der Waals surface area contributed by atoms with Crippen LogP contribution in [0.5, 0.6) is 0 Å². The minimum atomic E-state index is -1.28. The summed E-state index contributed by atoms with van der Waals surface area (Å²) in [4.78, 5) is 33.6. The molecule has 0 fully saturated rings. The molecule has 1 aromatic rings. The summed E-state index contributed by atoms with van der Waals surface area (Å²) >= 11 is 7.03. The predicted molar refractivity (Wildman–Crippen MR) is 73.0 cm³/mol. The van der Waals surface area contributed by atoms with Gasteiger partial charge in [-0.05, 0) is 18.6 Å². The molecule has 1 heterocycles. The molecule has 1 atom stereocenters. The molecule has 0 radical (unpaired) electrons. The van der Waals surface area contributed by atoms with E-state index in [1.807, 2.05) is 0 Å². The lowest BCUT2D eigenvalue weighted by Gasteiger charge is -2.13. The van der Waals surface area contributed by atoms with Crippen LogP contribution >= 0.6 is 22.9 Å². The van der Waals surface area contributed by atoms with E-state index < -0.39 is 24.0 Å². The Hall–Kier alpha value is -1.80. The molecule has 7 nitrogen and oxygen atoms in total. The van der Waals surface area contributed by atoms with Crippen molar-refractivity contribution < 1.29 is 24.6 Å². The van der Waals surface area contributed by atoms with Crippen LogP contribution in [0.4, 0.5) is 4.79 Å². The van der Waals surface area contributed by atoms with Crippen LogP contribution in [0.3, 0.4) is 0 Å². The fraction of sp³-hybridized carbons (Fsp3) is 0.364. The van der Waals surface area contributed by atoms with Gasteiger partial charge < -0.3 is 20.8 Å². The van der Waals surface area contributed by atoms with Crippen LogP contribution in [0.1, 0.15) is 17.7 Å². The third-order valence-corrected chi connectivity index (χ3v) is 3.53. The van der Waals surface area contributed by atoms with Gasteiger partial charge in [0.05, 0.1) is 10.9 Å². The maximum absolute atomic E-state index is 11.5. The van der Waals surface area contributed by atoms with Crippen LogP contribution in [-0.4, -0.2) is 34.2 Å². The quantitative estimate of drug-likeness (QED) is 0.608. The van der Waals surface area contributed by atoms with Gasteiger partial charge in [-0.3, -0.25) is 4.79 Å². The molecule has 110 valence electrons. The lowest BCUT2D eigenvalue weighted by Crippen LogP contribution is -2.45. The highest BCUT2D eigenvalue weighted by molar-refractivity contribution is 7.16. The molecule has 2 amide bonds. The molecule has 0 saturated heterocycles. The number of carbonyl (C=O) groups is 3. The number of aliphatic carboxylic acids is 2. The summed E-state index contributed by atoms with van der Waals surface area (Å²) < 4.78 is 0.590. The van der Waals surface area contributed by atoms with Gasteiger partial charge in [0.1, 0.15) is 6.04 Å². The van der Waals surface area contributed by atoms with E-state index in [0.717, 1.165) is 4.88 Å². The molecule has 0 spiro atoms. The second-order valence-corrected chi connectivity index (χ2v) is 5.66. The van der Waals surface area contributed by atoms with E-state index >= 15 is 0 Å². The van der Waals surface area contributed by atoms with Gasteiger partial charge in [0.25, 0.3) is 0 Å². The molecule has 20 heavy (non-hydrogen) atoms. The van der Waals surface area contributed by atoms with Gasteiger partial charge in [-0.1, -0.05) is 11.6 Å². The van der Waals surface area contributed by atoms with E-state index in [-0.39, 0.29) is 19.4 Å². The molecule has 0 aromatic carbocycles. The molecule has 0 saturated carbocycles. The van der Waals surface area contributed by atoms with Gasteiger partial charge in [0.2, 0.25) is 0 Å². The minimum absolute atomic E-state index is 0.178. The largest absolute Gasteiger partial charge is 0.481 e. The average Bonchev–Trinajstić information content (AvgIpc) is 2.77. The smallest absolute Gasteiger partial charge is 0.326 e. The maximum Gasteiger partial charge on any atom is 0.326 e. The first kappa shape index (κ1) is 16.3. The van der Waals surface area contributed by atoms with Crippen molar-refractivity contribution in [1.29, 1.82) is 0 Å². The SMILES string of the molecule is O=C(O)CCC(NC(=O)NCc1ccc(Cl)s1)C(=O)O. The Balaban J connectivity index is 2.41. The Labute approximate surface area is 123 Å². The van der Waals surface area contributed by atoms with Crippen molar-refractivity contribution in [1.82, 2.24) is 10.6 Å². The van der Waals surface area contributed by atoms with Crippen molar-refractivity contribution in [2.24, 2.45) is 0 Å². The van der Waals surface area contributed by atoms with Crippen LogP contribution < -0.4 is 10.6 Å². The molecule has 0 aliphatic carbocycles. The van der Waals surface area contributed by atoms with Gasteiger partial charge in [-0.25, -0.2) is 9.59 Å². The van der Waals surface area contributed by atoms with Gasteiger partial charge in [0.15, 0.2) is 0 Å². The summed E-state index contributed by atoms with van der Waals surface area (Å²) in [5.74, 6) is -2.40. The molecule has 1 rings (SSSR count). The van der Waals surface area contributed by atoms with Gasteiger partial charge in [0, 0.05) is 11.3 Å². The molecule has 1 unspecified atom stereocenters. The number of halogens is 1. The summed E-state index contributed by atoms with van der Waals surface area (Å²) in [6, 6.07) is 1.52. The van der Waals surface area contributed by atoms with Gasteiger partial charge in [-0.15, -0.1) is 11.3 Å². The van der Waals surface area contributed by atoms with Crippen molar-refractivity contribution in [2.45, 2.75) is 25.4 Å². The maximum atomic E-state index is 11.5. The molecule has 9 heteroatoms. The Morgan fingerprint density at radius 3 is 2.50 bits per heavy atom. The fourth-order valence-electron chi connectivity index (χ4n) is 1.35. The minimum Gasteiger partial charge on any atom is -0.481 e. The van der Waals surface area contributed by atoms with E-state index in [4.69, 9.17) is 21.8 Å². The Kier molecular flexibility index (Phi) is 6.26. The van der Waals surface area contributed by atoms with E-state index in [1.165, 1.54) is 11.3 Å². The summed E-state index contributed by atoms with van der Waals surface area (Å²) in [6.45, 7) is 0.217. The first-order valence-electron chi connectivity index (χ1n) is 5.61. The van der Waals surface area contributed by atoms with Crippen molar-refractivity contribution in [3.05, 3.63) is 21.3 Å². The number of urea groups is 1. The van der Waals surface area contributed by atoms with Crippen LogP contribution in [0.15, 0.2) is 12.1 Å². The standard InChI is InChI=1S/C11H13ClN2O5S/c12-8-3-1-6(20-8)5-13-11(19)14-7(10(17)18)2-4-9(15)16/h1,3,7H,2,4-5H2,(H,15,16)(H,17,18)(H2,13,14,19). The molecular formula is C11H13ClN2O5S. The van der Waals surface area contributed by atoms with Crippen molar-refractivity contribution in [2.75, 3.05) is 0 Å². The zero-order valence-corrected chi connectivity index (χ0v) is 11.8. The lowest BCUT2D eigenvalue weighted by atomic mass is 10.1. The summed E-state index contributed by atoms with van der Waals surface area (Å²) in [6.07, 6.45) is -0.513. The van der Waals surface area contributed by atoms with E-state index in [9.17, 15) is 14.4 Å². The van der Waals surface area contributed by atoms with E-state index in [2.05, 4.69) is 10.6 Å². The number of amides is 2. The number of thiophene rings is 1. The fourth-order valence-corrected chi connectivity index (χ4v) is 2.38. The molecule has 0 bridgehead atoms. The first-order chi connectivity index (χ1) is 9.38.